The van der Waals surface area contributed by atoms with E-state index >= 15 is 0 Å². The molecule has 4 nitrogen and oxygen atoms in total. The molecule has 132 valence electrons. The van der Waals surface area contributed by atoms with Crippen molar-refractivity contribution in [1.82, 2.24) is 4.98 Å². The zero-order valence-corrected chi connectivity index (χ0v) is 16.1. The number of para-hydroxylation sites is 2. The molecule has 0 bridgehead atoms. The maximum atomic E-state index is 12.0. The molecule has 0 atom stereocenters. The van der Waals surface area contributed by atoms with Gasteiger partial charge in [-0.3, -0.25) is 5.32 Å². The number of anilines is 1. The predicted octanol–water partition coefficient (Wildman–Crippen LogP) is 4.48. The maximum absolute atomic E-state index is 12.0. The Labute approximate surface area is 157 Å². The normalized spacial score (nSPS) is 11.1. The summed E-state index contributed by atoms with van der Waals surface area (Å²) in [7, 11) is 0. The van der Waals surface area contributed by atoms with Crippen molar-refractivity contribution < 1.29 is 9.67 Å². The van der Waals surface area contributed by atoms with Crippen LogP contribution >= 0.6 is 15.9 Å². The summed E-state index contributed by atoms with van der Waals surface area (Å²) < 4.78 is 3.21. The Morgan fingerprint density at radius 2 is 1.96 bits per heavy atom. The molecule has 0 saturated carbocycles. The SMILES string of the molecule is CCCCCC[n+]1c(NCc2cc(Br)ccc2[O-])[nH]c2ccccc21. The van der Waals surface area contributed by atoms with Crippen molar-refractivity contribution in [3.63, 3.8) is 0 Å². The highest BCUT2D eigenvalue weighted by molar-refractivity contribution is 9.10. The van der Waals surface area contributed by atoms with E-state index in [4.69, 9.17) is 0 Å². The lowest BCUT2D eigenvalue weighted by Gasteiger charge is -2.12. The molecule has 0 spiro atoms. The molecule has 1 aromatic heterocycles. The third-order valence-electron chi connectivity index (χ3n) is 4.42. The van der Waals surface area contributed by atoms with Gasteiger partial charge in [0, 0.05) is 4.47 Å². The van der Waals surface area contributed by atoms with Gasteiger partial charge in [-0.2, -0.15) is 0 Å². The van der Waals surface area contributed by atoms with Gasteiger partial charge in [-0.25, -0.2) is 9.55 Å². The Morgan fingerprint density at radius 3 is 2.80 bits per heavy atom. The minimum atomic E-state index is 0.0568. The molecule has 5 heteroatoms. The van der Waals surface area contributed by atoms with Crippen molar-refractivity contribution in [3.05, 3.63) is 52.5 Å². The summed E-state index contributed by atoms with van der Waals surface area (Å²) in [5.74, 6) is 1.01. The largest absolute Gasteiger partial charge is 0.872 e. The van der Waals surface area contributed by atoms with Crippen LogP contribution < -0.4 is 15.0 Å². The van der Waals surface area contributed by atoms with Gasteiger partial charge in [0.1, 0.15) is 11.0 Å². The third-order valence-corrected chi connectivity index (χ3v) is 4.92. The monoisotopic (exact) mass is 401 g/mol. The molecule has 0 unspecified atom stereocenters. The third kappa shape index (κ3) is 4.34. The molecule has 2 N–H and O–H groups in total. The Kier molecular flexibility index (Phi) is 5.97. The summed E-state index contributed by atoms with van der Waals surface area (Å²) in [6.07, 6.45) is 4.89. The second kappa shape index (κ2) is 8.39. The van der Waals surface area contributed by atoms with E-state index in [2.05, 4.69) is 55.9 Å². The maximum Gasteiger partial charge on any atom is 0.356 e. The molecule has 3 aromatic rings. The summed E-state index contributed by atoms with van der Waals surface area (Å²) in [5.41, 5.74) is 3.06. The van der Waals surface area contributed by atoms with Gasteiger partial charge in [0.15, 0.2) is 0 Å². The van der Waals surface area contributed by atoms with Crippen LogP contribution in [0.25, 0.3) is 11.0 Å². The van der Waals surface area contributed by atoms with Crippen LogP contribution in [0.5, 0.6) is 5.75 Å². The zero-order valence-electron chi connectivity index (χ0n) is 14.5. The van der Waals surface area contributed by atoms with E-state index in [1.54, 1.807) is 12.1 Å². The van der Waals surface area contributed by atoms with Gasteiger partial charge >= 0.3 is 5.95 Å². The van der Waals surface area contributed by atoms with Gasteiger partial charge in [0.2, 0.25) is 0 Å². The van der Waals surface area contributed by atoms with Gasteiger partial charge in [-0.15, -0.1) is 5.75 Å². The van der Waals surface area contributed by atoms with Gasteiger partial charge in [0.25, 0.3) is 0 Å². The molecule has 2 aromatic carbocycles. The Bertz CT molecular complexity index is 844. The number of hydrogen-bond acceptors (Lipinski definition) is 2. The van der Waals surface area contributed by atoms with Crippen molar-refractivity contribution in [1.29, 1.82) is 0 Å². The van der Waals surface area contributed by atoms with Crippen LogP contribution in [-0.4, -0.2) is 4.98 Å². The highest BCUT2D eigenvalue weighted by Crippen LogP contribution is 2.21. The van der Waals surface area contributed by atoms with Crippen molar-refractivity contribution in [2.75, 3.05) is 5.32 Å². The van der Waals surface area contributed by atoms with Crippen molar-refractivity contribution >= 4 is 32.9 Å². The smallest absolute Gasteiger partial charge is 0.356 e. The minimum absolute atomic E-state index is 0.0568. The van der Waals surface area contributed by atoms with E-state index in [1.165, 1.54) is 24.8 Å². The van der Waals surface area contributed by atoms with Crippen molar-refractivity contribution in [3.8, 4) is 5.75 Å². The second-order valence-corrected chi connectivity index (χ2v) is 7.22. The van der Waals surface area contributed by atoms with E-state index in [-0.39, 0.29) is 5.75 Å². The average Bonchev–Trinajstić information content (AvgIpc) is 2.97. The first-order valence-corrected chi connectivity index (χ1v) is 9.68. The molecule has 3 rings (SSSR count). The van der Waals surface area contributed by atoms with E-state index in [1.807, 2.05) is 12.1 Å². The molecule has 25 heavy (non-hydrogen) atoms. The van der Waals surface area contributed by atoms with Crippen LogP contribution in [0, 0.1) is 0 Å². The van der Waals surface area contributed by atoms with Crippen LogP contribution in [0.4, 0.5) is 5.95 Å². The lowest BCUT2D eigenvalue weighted by Crippen LogP contribution is -2.36. The number of unbranched alkanes of at least 4 members (excludes halogenated alkanes) is 3. The summed E-state index contributed by atoms with van der Waals surface area (Å²) in [4.78, 5) is 3.45. The number of H-pyrrole nitrogens is 1. The number of aromatic nitrogens is 2. The average molecular weight is 402 g/mol. The predicted molar refractivity (Wildman–Crippen MR) is 104 cm³/mol. The molecule has 0 amide bonds. The van der Waals surface area contributed by atoms with Gasteiger partial charge in [-0.05, 0) is 36.2 Å². The van der Waals surface area contributed by atoms with Crippen LogP contribution in [-0.2, 0) is 13.1 Å². The zero-order chi connectivity index (χ0) is 17.6. The molecular formula is C20H24BrN3O. The van der Waals surface area contributed by atoms with Crippen molar-refractivity contribution in [2.45, 2.75) is 45.7 Å². The fraction of sp³-hybridized carbons (Fsp3) is 0.350. The Hall–Kier alpha value is -2.01. The van der Waals surface area contributed by atoms with Crippen LogP contribution in [0.15, 0.2) is 46.9 Å². The first-order valence-electron chi connectivity index (χ1n) is 8.89. The molecule has 0 saturated heterocycles. The summed E-state index contributed by atoms with van der Waals surface area (Å²) >= 11 is 3.43. The lowest BCUT2D eigenvalue weighted by molar-refractivity contribution is -0.657. The minimum Gasteiger partial charge on any atom is -0.872 e. The van der Waals surface area contributed by atoms with E-state index in [9.17, 15) is 5.11 Å². The first kappa shape index (κ1) is 17.8. The van der Waals surface area contributed by atoms with E-state index in [0.29, 0.717) is 6.54 Å². The Balaban J connectivity index is 1.80. The van der Waals surface area contributed by atoms with Gasteiger partial charge in [-0.1, -0.05) is 60.3 Å². The number of hydrogen-bond donors (Lipinski definition) is 2. The number of rotatable bonds is 8. The topological polar surface area (TPSA) is 54.8 Å². The van der Waals surface area contributed by atoms with Crippen LogP contribution in [0.2, 0.25) is 0 Å². The van der Waals surface area contributed by atoms with E-state index in [0.717, 1.165) is 34.5 Å². The fourth-order valence-corrected chi connectivity index (χ4v) is 3.47. The number of halogens is 1. The number of benzene rings is 2. The molecule has 0 aliphatic carbocycles. The highest BCUT2D eigenvalue weighted by atomic mass is 79.9. The standard InChI is InChI=1S/C20H24BrN3O/c1-2-3-4-7-12-24-18-9-6-5-8-17(18)23-20(24)22-14-15-13-16(21)10-11-19(15)25/h5-6,8-11,13H,2-4,7,12,14H2,1H3,(H2,22,23,25). The van der Waals surface area contributed by atoms with Crippen LogP contribution in [0.3, 0.4) is 0 Å². The van der Waals surface area contributed by atoms with Gasteiger partial charge in [0.05, 0.1) is 13.1 Å². The first-order chi connectivity index (χ1) is 12.2. The van der Waals surface area contributed by atoms with Crippen molar-refractivity contribution in [2.24, 2.45) is 0 Å². The molecule has 0 radical (unpaired) electrons. The number of aromatic amines is 1. The number of aryl methyl sites for hydroxylation is 1. The molecule has 0 fully saturated rings. The quantitative estimate of drug-likeness (QED) is 0.431. The van der Waals surface area contributed by atoms with E-state index < -0.39 is 0 Å². The second-order valence-electron chi connectivity index (χ2n) is 6.31. The number of imidazole rings is 1. The molecular weight excluding hydrogens is 378 g/mol. The molecule has 0 aliphatic heterocycles. The Morgan fingerprint density at radius 1 is 1.12 bits per heavy atom. The molecule has 1 heterocycles. The lowest BCUT2D eigenvalue weighted by atomic mass is 10.2. The van der Waals surface area contributed by atoms with Gasteiger partial charge < -0.3 is 5.11 Å². The number of fused-ring (bicyclic) bond motifs is 1. The molecule has 0 aliphatic rings. The summed E-state index contributed by atoms with van der Waals surface area (Å²) in [5, 5.41) is 15.4. The number of nitrogens with one attached hydrogen (secondary N) is 2. The highest BCUT2D eigenvalue weighted by Gasteiger charge is 2.16. The van der Waals surface area contributed by atoms with Crippen LogP contribution in [0.1, 0.15) is 38.2 Å². The summed E-state index contributed by atoms with van der Waals surface area (Å²) in [6, 6.07) is 13.6. The summed E-state index contributed by atoms with van der Waals surface area (Å²) in [6.45, 7) is 3.69. The number of nitrogens with zero attached hydrogens (tertiary/aromatic N) is 1. The fourth-order valence-electron chi connectivity index (χ4n) is 3.06.